The molecule has 1 fully saturated rings. The number of hydrogen-bond donors (Lipinski definition) is 1. The second kappa shape index (κ2) is 6.11. The summed E-state index contributed by atoms with van der Waals surface area (Å²) in [5, 5.41) is 8.96. The van der Waals surface area contributed by atoms with Gasteiger partial charge in [0.15, 0.2) is 0 Å². The zero-order valence-electron chi connectivity index (χ0n) is 9.91. The zero-order valence-corrected chi connectivity index (χ0v) is 9.91. The summed E-state index contributed by atoms with van der Waals surface area (Å²) < 4.78 is 0. The maximum Gasteiger partial charge on any atom is 0.304 e. The molecule has 0 amide bonds. The van der Waals surface area contributed by atoms with Crippen LogP contribution in [0.5, 0.6) is 0 Å². The summed E-state index contributed by atoms with van der Waals surface area (Å²) in [7, 11) is 0. The molecule has 0 bridgehead atoms. The van der Waals surface area contributed by atoms with E-state index in [-0.39, 0.29) is 6.04 Å². The first-order valence-electron chi connectivity index (χ1n) is 6.14. The Morgan fingerprint density at radius 3 is 2.20 bits per heavy atom. The first kappa shape index (κ1) is 12.5. The van der Waals surface area contributed by atoms with Crippen LogP contribution in [0.15, 0.2) is 0 Å². The summed E-state index contributed by atoms with van der Waals surface area (Å²) in [6.45, 7) is 6.51. The Hall–Kier alpha value is -0.570. The number of rotatable bonds is 6. The van der Waals surface area contributed by atoms with E-state index in [2.05, 4.69) is 18.7 Å². The number of aliphatic carboxylic acids is 1. The van der Waals surface area contributed by atoms with Crippen LogP contribution in [0.4, 0.5) is 0 Å². The van der Waals surface area contributed by atoms with Crippen LogP contribution in [0.25, 0.3) is 0 Å². The van der Waals surface area contributed by atoms with Crippen molar-refractivity contribution in [3.8, 4) is 0 Å². The molecule has 0 saturated carbocycles. The number of nitrogens with zero attached hydrogens (tertiary/aromatic N) is 1. The Balaban J connectivity index is 2.61. The monoisotopic (exact) mass is 213 g/mol. The molecule has 1 rings (SSSR count). The maximum atomic E-state index is 10.9. The molecule has 1 N–H and O–H groups in total. The summed E-state index contributed by atoms with van der Waals surface area (Å²) in [5.74, 6) is -0.113. The molecule has 0 spiro atoms. The highest BCUT2D eigenvalue weighted by Gasteiger charge is 2.29. The highest BCUT2D eigenvalue weighted by atomic mass is 16.4. The molecule has 0 aliphatic carbocycles. The topological polar surface area (TPSA) is 40.5 Å². The van der Waals surface area contributed by atoms with E-state index in [1.807, 2.05) is 0 Å². The van der Waals surface area contributed by atoms with Gasteiger partial charge in [-0.2, -0.15) is 0 Å². The lowest BCUT2D eigenvalue weighted by Gasteiger charge is -2.32. The van der Waals surface area contributed by atoms with Crippen molar-refractivity contribution in [1.82, 2.24) is 4.90 Å². The van der Waals surface area contributed by atoms with Gasteiger partial charge in [0.1, 0.15) is 0 Å². The summed E-state index contributed by atoms with van der Waals surface area (Å²) in [6, 6.07) is 0.264. The van der Waals surface area contributed by atoms with Gasteiger partial charge in [0.2, 0.25) is 0 Å². The highest BCUT2D eigenvalue weighted by molar-refractivity contribution is 5.67. The Labute approximate surface area is 92.5 Å². The van der Waals surface area contributed by atoms with Gasteiger partial charge in [0.25, 0.3) is 0 Å². The number of carboxylic acids is 1. The molecular weight excluding hydrogens is 190 g/mol. The largest absolute Gasteiger partial charge is 0.481 e. The van der Waals surface area contributed by atoms with Crippen LogP contribution in [0.3, 0.4) is 0 Å². The van der Waals surface area contributed by atoms with E-state index in [1.165, 1.54) is 12.8 Å². The Morgan fingerprint density at radius 2 is 1.80 bits per heavy atom. The molecule has 0 aromatic heterocycles. The van der Waals surface area contributed by atoms with Gasteiger partial charge in [-0.15, -0.1) is 0 Å². The van der Waals surface area contributed by atoms with E-state index in [0.29, 0.717) is 12.3 Å². The summed E-state index contributed by atoms with van der Waals surface area (Å²) in [5.41, 5.74) is 0. The molecule has 1 heterocycles. The third-order valence-electron chi connectivity index (χ3n) is 3.59. The van der Waals surface area contributed by atoms with Gasteiger partial charge in [-0.05, 0) is 31.8 Å². The quantitative estimate of drug-likeness (QED) is 0.736. The smallest absolute Gasteiger partial charge is 0.304 e. The summed E-state index contributed by atoms with van der Waals surface area (Å²) >= 11 is 0. The van der Waals surface area contributed by atoms with Crippen molar-refractivity contribution in [3.63, 3.8) is 0 Å². The normalized spacial score (nSPS) is 19.7. The fourth-order valence-corrected chi connectivity index (χ4v) is 2.68. The minimum atomic E-state index is -0.654. The van der Waals surface area contributed by atoms with Crippen LogP contribution < -0.4 is 0 Å². The molecule has 1 aliphatic heterocycles. The van der Waals surface area contributed by atoms with Crippen molar-refractivity contribution in [3.05, 3.63) is 0 Å². The van der Waals surface area contributed by atoms with Gasteiger partial charge < -0.3 is 5.11 Å². The van der Waals surface area contributed by atoms with E-state index in [9.17, 15) is 4.79 Å². The first-order chi connectivity index (χ1) is 7.19. The molecule has 0 aromatic carbocycles. The minimum absolute atomic E-state index is 0.264. The summed E-state index contributed by atoms with van der Waals surface area (Å²) in [4.78, 5) is 13.3. The second-order valence-electron chi connectivity index (χ2n) is 4.48. The molecule has 1 aliphatic rings. The lowest BCUT2D eigenvalue weighted by Crippen LogP contribution is -2.40. The second-order valence-corrected chi connectivity index (χ2v) is 4.48. The Bertz CT molecular complexity index is 194. The highest BCUT2D eigenvalue weighted by Crippen LogP contribution is 2.25. The van der Waals surface area contributed by atoms with Gasteiger partial charge in [-0.25, -0.2) is 0 Å². The van der Waals surface area contributed by atoms with Gasteiger partial charge in [0, 0.05) is 6.04 Å². The van der Waals surface area contributed by atoms with Crippen molar-refractivity contribution in [2.24, 2.45) is 5.92 Å². The van der Waals surface area contributed by atoms with Crippen LogP contribution in [-0.2, 0) is 4.79 Å². The minimum Gasteiger partial charge on any atom is -0.481 e. The van der Waals surface area contributed by atoms with Crippen molar-refractivity contribution in [2.45, 2.75) is 52.0 Å². The number of hydrogen-bond acceptors (Lipinski definition) is 2. The zero-order chi connectivity index (χ0) is 11.3. The Kier molecular flexibility index (Phi) is 5.09. The fourth-order valence-electron chi connectivity index (χ4n) is 2.68. The standard InChI is InChI=1S/C12H23NO2/c1-3-10(4-2)11(9-12(14)15)13-7-5-6-8-13/h10-11H,3-9H2,1-2H3,(H,14,15). The molecule has 1 saturated heterocycles. The van der Waals surface area contributed by atoms with Crippen molar-refractivity contribution in [1.29, 1.82) is 0 Å². The molecule has 0 aromatic rings. The molecule has 1 unspecified atom stereocenters. The van der Waals surface area contributed by atoms with Gasteiger partial charge in [-0.3, -0.25) is 9.69 Å². The van der Waals surface area contributed by atoms with Crippen LogP contribution >= 0.6 is 0 Å². The van der Waals surface area contributed by atoms with Crippen LogP contribution in [0.1, 0.15) is 46.0 Å². The average Bonchev–Trinajstić information content (AvgIpc) is 2.70. The van der Waals surface area contributed by atoms with Crippen LogP contribution in [0.2, 0.25) is 0 Å². The maximum absolute atomic E-state index is 10.9. The first-order valence-corrected chi connectivity index (χ1v) is 6.14. The predicted molar refractivity (Wildman–Crippen MR) is 60.9 cm³/mol. The lowest BCUT2D eigenvalue weighted by molar-refractivity contribution is -0.138. The van der Waals surface area contributed by atoms with Crippen LogP contribution in [-0.4, -0.2) is 35.1 Å². The third kappa shape index (κ3) is 3.49. The molecule has 1 atom stereocenters. The summed E-state index contributed by atoms with van der Waals surface area (Å²) in [6.07, 6.45) is 4.95. The SMILES string of the molecule is CCC(CC)C(CC(=O)O)N1CCCC1. The number of likely N-dealkylation sites (tertiary alicyclic amines) is 1. The van der Waals surface area contributed by atoms with Gasteiger partial charge in [0.05, 0.1) is 6.42 Å². The van der Waals surface area contributed by atoms with Gasteiger partial charge in [-0.1, -0.05) is 26.7 Å². The number of carbonyl (C=O) groups is 1. The molecule has 15 heavy (non-hydrogen) atoms. The van der Waals surface area contributed by atoms with E-state index in [4.69, 9.17) is 5.11 Å². The van der Waals surface area contributed by atoms with Crippen molar-refractivity contribution in [2.75, 3.05) is 13.1 Å². The van der Waals surface area contributed by atoms with Crippen LogP contribution in [0, 0.1) is 5.92 Å². The average molecular weight is 213 g/mol. The van der Waals surface area contributed by atoms with Crippen molar-refractivity contribution < 1.29 is 9.90 Å². The Morgan fingerprint density at radius 1 is 1.27 bits per heavy atom. The molecule has 0 radical (unpaired) electrons. The number of carboxylic acid groups (broad SMARTS) is 1. The van der Waals surface area contributed by atoms with E-state index < -0.39 is 5.97 Å². The predicted octanol–water partition coefficient (Wildman–Crippen LogP) is 2.36. The molecule has 3 nitrogen and oxygen atoms in total. The fraction of sp³-hybridized carbons (Fsp3) is 0.917. The third-order valence-corrected chi connectivity index (χ3v) is 3.59. The molecule has 3 heteroatoms. The molecular formula is C12H23NO2. The molecule has 88 valence electrons. The van der Waals surface area contributed by atoms with E-state index in [0.717, 1.165) is 25.9 Å². The van der Waals surface area contributed by atoms with Gasteiger partial charge >= 0.3 is 5.97 Å². The van der Waals surface area contributed by atoms with E-state index in [1.54, 1.807) is 0 Å². The van der Waals surface area contributed by atoms with E-state index >= 15 is 0 Å². The van der Waals surface area contributed by atoms with Crippen molar-refractivity contribution >= 4 is 5.97 Å². The lowest BCUT2D eigenvalue weighted by atomic mass is 9.91.